The molecule has 6 nitrogen and oxygen atoms in total. The summed E-state index contributed by atoms with van der Waals surface area (Å²) in [6, 6.07) is 11.9. The van der Waals surface area contributed by atoms with Gasteiger partial charge in [-0.2, -0.15) is 0 Å². The van der Waals surface area contributed by atoms with E-state index in [0.717, 1.165) is 0 Å². The molecule has 0 fully saturated rings. The number of primary sulfonamides is 1. The maximum atomic E-state index is 11.9. The summed E-state index contributed by atoms with van der Waals surface area (Å²) in [6.45, 7) is 0. The second-order valence-corrected chi connectivity index (χ2v) is 6.04. The van der Waals surface area contributed by atoms with Crippen LogP contribution < -0.4 is 15.8 Å². The molecule has 2 aromatic carbocycles. The van der Waals surface area contributed by atoms with Crippen LogP contribution >= 0.6 is 11.6 Å². The highest BCUT2D eigenvalue weighted by molar-refractivity contribution is 7.89. The van der Waals surface area contributed by atoms with Gasteiger partial charge in [0.15, 0.2) is 0 Å². The van der Waals surface area contributed by atoms with Gasteiger partial charge in [0.2, 0.25) is 10.0 Å². The van der Waals surface area contributed by atoms with E-state index in [-0.39, 0.29) is 10.6 Å². The van der Waals surface area contributed by atoms with Crippen LogP contribution in [-0.4, -0.2) is 14.4 Å². The molecule has 0 saturated carbocycles. The average molecular weight is 326 g/mol. The maximum Gasteiger partial charge on any atom is 0.323 e. The van der Waals surface area contributed by atoms with Crippen molar-refractivity contribution in [1.82, 2.24) is 0 Å². The van der Waals surface area contributed by atoms with E-state index in [1.165, 1.54) is 18.2 Å². The Hall–Kier alpha value is -2.09. The number of sulfonamides is 1. The second kappa shape index (κ2) is 6.13. The molecule has 0 aliphatic heterocycles. The van der Waals surface area contributed by atoms with Crippen LogP contribution in [0.4, 0.5) is 16.2 Å². The highest BCUT2D eigenvalue weighted by Gasteiger charge is 2.15. The Morgan fingerprint density at radius 3 is 2.10 bits per heavy atom. The molecule has 2 amide bonds. The summed E-state index contributed by atoms with van der Waals surface area (Å²) in [5.74, 6) is 0. The molecule has 0 radical (unpaired) electrons. The van der Waals surface area contributed by atoms with E-state index in [1.807, 2.05) is 0 Å². The highest BCUT2D eigenvalue weighted by atomic mass is 35.5. The first-order valence-electron chi connectivity index (χ1n) is 5.82. The van der Waals surface area contributed by atoms with Crippen molar-refractivity contribution < 1.29 is 13.2 Å². The van der Waals surface area contributed by atoms with Crippen LogP contribution in [-0.2, 0) is 10.0 Å². The van der Waals surface area contributed by atoms with E-state index in [1.54, 1.807) is 30.3 Å². The van der Waals surface area contributed by atoms with E-state index < -0.39 is 16.1 Å². The summed E-state index contributed by atoms with van der Waals surface area (Å²) in [6.07, 6.45) is 0. The smallest absolute Gasteiger partial charge is 0.306 e. The number of anilines is 2. The van der Waals surface area contributed by atoms with Gasteiger partial charge in [0.25, 0.3) is 0 Å². The quantitative estimate of drug-likeness (QED) is 0.808. The number of urea groups is 1. The van der Waals surface area contributed by atoms with Crippen molar-refractivity contribution in [2.75, 3.05) is 10.6 Å². The van der Waals surface area contributed by atoms with Crippen molar-refractivity contribution in [3.63, 3.8) is 0 Å². The lowest BCUT2D eigenvalue weighted by atomic mass is 10.3. The lowest BCUT2D eigenvalue weighted by Gasteiger charge is -2.11. The standard InChI is InChI=1S/C13H12ClN3O3S/c14-9-5-1-2-6-10(9)16-13(18)17-11-7-3-4-8-12(11)21(15,19)20/h1-8H,(H2,15,19,20)(H2,16,17,18). The Bertz CT molecular complexity index is 778. The van der Waals surface area contributed by atoms with Crippen molar-refractivity contribution in [1.29, 1.82) is 0 Å². The van der Waals surface area contributed by atoms with Crippen molar-refractivity contribution >= 4 is 39.0 Å². The van der Waals surface area contributed by atoms with Crippen LogP contribution in [0.25, 0.3) is 0 Å². The van der Waals surface area contributed by atoms with E-state index in [2.05, 4.69) is 10.6 Å². The number of halogens is 1. The van der Waals surface area contributed by atoms with E-state index in [9.17, 15) is 13.2 Å². The number of amides is 2. The summed E-state index contributed by atoms with van der Waals surface area (Å²) >= 11 is 5.92. The highest BCUT2D eigenvalue weighted by Crippen LogP contribution is 2.22. The molecule has 110 valence electrons. The fraction of sp³-hybridized carbons (Fsp3) is 0. The maximum absolute atomic E-state index is 11.9. The minimum Gasteiger partial charge on any atom is -0.306 e. The summed E-state index contributed by atoms with van der Waals surface area (Å²) in [7, 11) is -3.93. The second-order valence-electron chi connectivity index (χ2n) is 4.10. The fourth-order valence-corrected chi connectivity index (χ4v) is 2.53. The predicted octanol–water partition coefficient (Wildman–Crippen LogP) is 2.63. The molecule has 0 bridgehead atoms. The zero-order valence-electron chi connectivity index (χ0n) is 10.7. The first-order valence-corrected chi connectivity index (χ1v) is 7.75. The molecule has 0 aliphatic rings. The van der Waals surface area contributed by atoms with Gasteiger partial charge in [0, 0.05) is 0 Å². The molecule has 0 saturated heterocycles. The summed E-state index contributed by atoms with van der Waals surface area (Å²) in [4.78, 5) is 11.7. The minimum absolute atomic E-state index is 0.0875. The number of benzene rings is 2. The summed E-state index contributed by atoms with van der Waals surface area (Å²) < 4.78 is 22.9. The molecule has 0 aliphatic carbocycles. The van der Waals surface area contributed by atoms with Gasteiger partial charge >= 0.3 is 6.03 Å². The molecule has 0 unspecified atom stereocenters. The molecule has 0 atom stereocenters. The van der Waals surface area contributed by atoms with Gasteiger partial charge in [0.05, 0.1) is 16.4 Å². The van der Waals surface area contributed by atoms with Crippen molar-refractivity contribution in [2.45, 2.75) is 4.90 Å². The van der Waals surface area contributed by atoms with Crippen molar-refractivity contribution in [3.05, 3.63) is 53.6 Å². The van der Waals surface area contributed by atoms with Crippen LogP contribution in [0.2, 0.25) is 5.02 Å². The molecule has 2 aromatic rings. The number of hydrogen-bond donors (Lipinski definition) is 3. The molecular formula is C13H12ClN3O3S. The third-order valence-corrected chi connectivity index (χ3v) is 3.86. The molecule has 2 rings (SSSR count). The van der Waals surface area contributed by atoms with Gasteiger partial charge in [-0.05, 0) is 24.3 Å². The lowest BCUT2D eigenvalue weighted by Crippen LogP contribution is -2.22. The van der Waals surface area contributed by atoms with E-state index in [4.69, 9.17) is 16.7 Å². The molecule has 21 heavy (non-hydrogen) atoms. The SMILES string of the molecule is NS(=O)(=O)c1ccccc1NC(=O)Nc1ccccc1Cl. The summed E-state index contributed by atoms with van der Waals surface area (Å²) in [5.41, 5.74) is 0.495. The molecule has 4 N–H and O–H groups in total. The van der Waals surface area contributed by atoms with Gasteiger partial charge in [-0.15, -0.1) is 0 Å². The van der Waals surface area contributed by atoms with Gasteiger partial charge in [0.1, 0.15) is 4.90 Å². The molecule has 0 spiro atoms. The Balaban J connectivity index is 2.20. The third kappa shape index (κ3) is 3.94. The largest absolute Gasteiger partial charge is 0.323 e. The average Bonchev–Trinajstić information content (AvgIpc) is 2.41. The Morgan fingerprint density at radius 2 is 1.48 bits per heavy atom. The van der Waals surface area contributed by atoms with Crippen LogP contribution in [0.15, 0.2) is 53.4 Å². The zero-order chi connectivity index (χ0) is 15.5. The van der Waals surface area contributed by atoms with Crippen LogP contribution in [0, 0.1) is 0 Å². The van der Waals surface area contributed by atoms with E-state index >= 15 is 0 Å². The van der Waals surface area contributed by atoms with Gasteiger partial charge < -0.3 is 10.6 Å². The summed E-state index contributed by atoms with van der Waals surface area (Å²) in [5, 5.41) is 10.4. The normalized spacial score (nSPS) is 11.0. The first kappa shape index (κ1) is 15.3. The topological polar surface area (TPSA) is 101 Å². The molecular weight excluding hydrogens is 314 g/mol. The number of hydrogen-bond acceptors (Lipinski definition) is 3. The number of nitrogens with two attached hydrogens (primary N) is 1. The molecule has 0 heterocycles. The zero-order valence-corrected chi connectivity index (χ0v) is 12.3. The van der Waals surface area contributed by atoms with Gasteiger partial charge in [-0.25, -0.2) is 18.4 Å². The number of carbonyl (C=O) groups is 1. The lowest BCUT2D eigenvalue weighted by molar-refractivity contribution is 0.262. The van der Waals surface area contributed by atoms with Crippen LogP contribution in [0.1, 0.15) is 0 Å². The fourth-order valence-electron chi connectivity index (χ4n) is 1.66. The number of carbonyl (C=O) groups excluding carboxylic acids is 1. The Kier molecular flexibility index (Phi) is 4.46. The third-order valence-electron chi connectivity index (χ3n) is 2.56. The minimum atomic E-state index is -3.93. The van der Waals surface area contributed by atoms with Crippen LogP contribution in [0.3, 0.4) is 0 Å². The number of nitrogens with one attached hydrogen (secondary N) is 2. The number of para-hydroxylation sites is 2. The number of rotatable bonds is 3. The molecule has 0 aromatic heterocycles. The van der Waals surface area contributed by atoms with Crippen LogP contribution in [0.5, 0.6) is 0 Å². The van der Waals surface area contributed by atoms with Crippen molar-refractivity contribution in [2.24, 2.45) is 5.14 Å². The predicted molar refractivity (Wildman–Crippen MR) is 81.9 cm³/mol. The van der Waals surface area contributed by atoms with Gasteiger partial charge in [-0.1, -0.05) is 35.9 Å². The Morgan fingerprint density at radius 1 is 0.952 bits per heavy atom. The Labute approximate surface area is 127 Å². The monoisotopic (exact) mass is 325 g/mol. The van der Waals surface area contributed by atoms with Crippen molar-refractivity contribution in [3.8, 4) is 0 Å². The first-order chi connectivity index (χ1) is 9.88. The molecule has 8 heteroatoms. The van der Waals surface area contributed by atoms with E-state index in [0.29, 0.717) is 10.7 Å². The van der Waals surface area contributed by atoms with Gasteiger partial charge in [-0.3, -0.25) is 0 Å².